The average Bonchev–Trinajstić information content (AvgIpc) is 3.19. The number of imidazole rings is 1. The van der Waals surface area contributed by atoms with Gasteiger partial charge in [0.2, 0.25) is 0 Å². The molecule has 0 saturated carbocycles. The van der Waals surface area contributed by atoms with Crippen molar-refractivity contribution in [2.24, 2.45) is 0 Å². The van der Waals surface area contributed by atoms with Crippen LogP contribution in [0.4, 0.5) is 4.39 Å². The van der Waals surface area contributed by atoms with Crippen molar-refractivity contribution >= 4 is 16.9 Å². The molecule has 0 fully saturated rings. The molecule has 4 aromatic rings. The molecule has 0 aliphatic rings. The lowest BCUT2D eigenvalue weighted by atomic mass is 10.1. The van der Waals surface area contributed by atoms with Gasteiger partial charge in [-0.1, -0.05) is 30.3 Å². The molecule has 0 radical (unpaired) electrons. The van der Waals surface area contributed by atoms with E-state index in [4.69, 9.17) is 9.72 Å². The Balaban J connectivity index is 1.33. The Labute approximate surface area is 199 Å². The number of carbonyl (C=O) groups excluding carboxylic acids is 1. The number of hydrogen-bond acceptors (Lipinski definition) is 3. The van der Waals surface area contributed by atoms with Gasteiger partial charge in [-0.2, -0.15) is 0 Å². The molecule has 0 unspecified atom stereocenters. The Bertz CT molecular complexity index is 1280. The summed E-state index contributed by atoms with van der Waals surface area (Å²) in [5.41, 5.74) is 4.61. The maximum absolute atomic E-state index is 13.8. The topological polar surface area (TPSA) is 56.1 Å². The summed E-state index contributed by atoms with van der Waals surface area (Å²) in [4.78, 5) is 17.0. The fraction of sp³-hybridized carbons (Fsp3) is 0.286. The second-order valence-electron chi connectivity index (χ2n) is 8.46. The lowest BCUT2D eigenvalue weighted by Crippen LogP contribution is -2.25. The van der Waals surface area contributed by atoms with Crippen LogP contribution in [0.5, 0.6) is 5.75 Å². The largest absolute Gasteiger partial charge is 0.494 e. The number of nitrogens with one attached hydrogen (secondary N) is 1. The molecule has 1 N–H and O–H groups in total. The van der Waals surface area contributed by atoms with E-state index in [0.29, 0.717) is 26.0 Å². The van der Waals surface area contributed by atoms with Gasteiger partial charge in [0.1, 0.15) is 17.4 Å². The zero-order valence-electron chi connectivity index (χ0n) is 19.7. The number of hydrogen-bond donors (Lipinski definition) is 1. The van der Waals surface area contributed by atoms with Gasteiger partial charge in [0, 0.05) is 19.5 Å². The van der Waals surface area contributed by atoms with Crippen LogP contribution in [0.1, 0.15) is 40.2 Å². The summed E-state index contributed by atoms with van der Waals surface area (Å²) in [5, 5.41) is 2.81. The van der Waals surface area contributed by atoms with Crippen molar-refractivity contribution in [1.82, 2.24) is 14.9 Å². The van der Waals surface area contributed by atoms with Gasteiger partial charge in [-0.05, 0) is 74.2 Å². The van der Waals surface area contributed by atoms with E-state index in [1.165, 1.54) is 23.3 Å². The highest BCUT2D eigenvalue weighted by atomic mass is 19.1. The molecule has 0 aliphatic heterocycles. The van der Waals surface area contributed by atoms with E-state index < -0.39 is 11.7 Å². The quantitative estimate of drug-likeness (QED) is 0.313. The SMILES string of the molecule is Cc1ccc(OCCCn2c(CCCNC(=O)c3ccccc3F)nc3ccccc32)cc1C. The normalized spacial score (nSPS) is 11.0. The third-order valence-corrected chi connectivity index (χ3v) is 5.99. The third kappa shape index (κ3) is 5.63. The van der Waals surface area contributed by atoms with Crippen molar-refractivity contribution < 1.29 is 13.9 Å². The molecule has 1 heterocycles. The molecule has 0 spiro atoms. The molecule has 1 aromatic heterocycles. The standard InChI is InChI=1S/C28H30FN3O2/c1-20-14-15-22(19-21(20)2)34-18-8-17-32-26-12-6-5-11-25(26)31-27(32)13-7-16-30-28(33)23-9-3-4-10-24(23)29/h3-6,9-12,14-15,19H,7-8,13,16-18H2,1-2H3,(H,30,33). The number of fused-ring (bicyclic) bond motifs is 1. The molecule has 0 bridgehead atoms. The number of aryl methyl sites for hydroxylation is 4. The minimum absolute atomic E-state index is 0.0681. The van der Waals surface area contributed by atoms with Crippen LogP contribution in [0.25, 0.3) is 11.0 Å². The number of para-hydroxylation sites is 2. The monoisotopic (exact) mass is 459 g/mol. The Morgan fingerprint density at radius 1 is 1.00 bits per heavy atom. The molecule has 0 atom stereocenters. The van der Waals surface area contributed by atoms with E-state index in [0.717, 1.165) is 35.6 Å². The van der Waals surface area contributed by atoms with Crippen LogP contribution in [0.2, 0.25) is 0 Å². The molecule has 6 heteroatoms. The highest BCUT2D eigenvalue weighted by Crippen LogP contribution is 2.19. The summed E-state index contributed by atoms with van der Waals surface area (Å²) < 4.78 is 22.0. The highest BCUT2D eigenvalue weighted by molar-refractivity contribution is 5.94. The van der Waals surface area contributed by atoms with Gasteiger partial charge in [0.05, 0.1) is 23.2 Å². The number of nitrogens with zero attached hydrogens (tertiary/aromatic N) is 2. The van der Waals surface area contributed by atoms with Crippen molar-refractivity contribution in [3.63, 3.8) is 0 Å². The van der Waals surface area contributed by atoms with Crippen LogP contribution in [0.15, 0.2) is 66.7 Å². The summed E-state index contributed by atoms with van der Waals surface area (Å²) in [5.74, 6) is 0.969. The van der Waals surface area contributed by atoms with Gasteiger partial charge in [0.15, 0.2) is 0 Å². The molecular weight excluding hydrogens is 429 g/mol. The molecule has 5 nitrogen and oxygen atoms in total. The zero-order valence-corrected chi connectivity index (χ0v) is 19.7. The first-order chi connectivity index (χ1) is 16.5. The van der Waals surface area contributed by atoms with E-state index in [9.17, 15) is 9.18 Å². The Kier molecular flexibility index (Phi) is 7.58. The molecule has 4 rings (SSSR count). The van der Waals surface area contributed by atoms with E-state index in [1.54, 1.807) is 12.1 Å². The zero-order chi connectivity index (χ0) is 23.9. The minimum atomic E-state index is -0.509. The molecule has 176 valence electrons. The molecule has 3 aromatic carbocycles. The summed E-state index contributed by atoms with van der Waals surface area (Å²) in [6.07, 6.45) is 2.28. The molecule has 0 aliphatic carbocycles. The second-order valence-corrected chi connectivity index (χ2v) is 8.46. The number of carbonyl (C=O) groups is 1. The van der Waals surface area contributed by atoms with Crippen LogP contribution >= 0.6 is 0 Å². The first kappa shape index (κ1) is 23.5. The predicted molar refractivity (Wildman–Crippen MR) is 133 cm³/mol. The van der Waals surface area contributed by atoms with Crippen molar-refractivity contribution in [3.8, 4) is 5.75 Å². The highest BCUT2D eigenvalue weighted by Gasteiger charge is 2.12. The number of halogens is 1. The maximum Gasteiger partial charge on any atom is 0.254 e. The first-order valence-electron chi connectivity index (χ1n) is 11.7. The number of ether oxygens (including phenoxy) is 1. The van der Waals surface area contributed by atoms with E-state index in [1.807, 2.05) is 24.3 Å². The predicted octanol–water partition coefficient (Wildman–Crippen LogP) is 5.62. The summed E-state index contributed by atoms with van der Waals surface area (Å²) in [7, 11) is 0. The maximum atomic E-state index is 13.8. The lowest BCUT2D eigenvalue weighted by molar-refractivity contribution is 0.0949. The number of amides is 1. The van der Waals surface area contributed by atoms with Gasteiger partial charge in [0.25, 0.3) is 5.91 Å². The molecule has 1 amide bonds. The van der Waals surface area contributed by atoms with Gasteiger partial charge in [-0.15, -0.1) is 0 Å². The number of benzene rings is 3. The Morgan fingerprint density at radius 3 is 2.62 bits per heavy atom. The Morgan fingerprint density at radius 2 is 1.79 bits per heavy atom. The van der Waals surface area contributed by atoms with Crippen LogP contribution in [0, 0.1) is 19.7 Å². The average molecular weight is 460 g/mol. The summed E-state index contributed by atoms with van der Waals surface area (Å²) in [6, 6.07) is 20.3. The van der Waals surface area contributed by atoms with Crippen LogP contribution in [-0.4, -0.2) is 28.6 Å². The minimum Gasteiger partial charge on any atom is -0.494 e. The van der Waals surface area contributed by atoms with E-state index in [-0.39, 0.29) is 5.56 Å². The Hall–Kier alpha value is -3.67. The van der Waals surface area contributed by atoms with E-state index >= 15 is 0 Å². The van der Waals surface area contributed by atoms with Crippen molar-refractivity contribution in [3.05, 3.63) is 95.1 Å². The number of rotatable bonds is 10. The molecule has 0 saturated heterocycles. The number of aromatic nitrogens is 2. The summed E-state index contributed by atoms with van der Waals surface area (Å²) in [6.45, 7) is 6.04. The smallest absolute Gasteiger partial charge is 0.254 e. The second kappa shape index (κ2) is 11.0. The van der Waals surface area contributed by atoms with Gasteiger partial charge >= 0.3 is 0 Å². The molecule has 34 heavy (non-hydrogen) atoms. The fourth-order valence-electron chi connectivity index (χ4n) is 3.97. The third-order valence-electron chi connectivity index (χ3n) is 5.99. The van der Waals surface area contributed by atoms with Crippen molar-refractivity contribution in [2.45, 2.75) is 39.7 Å². The van der Waals surface area contributed by atoms with Crippen LogP contribution < -0.4 is 10.1 Å². The summed E-state index contributed by atoms with van der Waals surface area (Å²) >= 11 is 0. The molecular formula is C28H30FN3O2. The fourth-order valence-corrected chi connectivity index (χ4v) is 3.97. The van der Waals surface area contributed by atoms with Gasteiger partial charge in [-0.3, -0.25) is 4.79 Å². The van der Waals surface area contributed by atoms with Crippen molar-refractivity contribution in [1.29, 1.82) is 0 Å². The first-order valence-corrected chi connectivity index (χ1v) is 11.7. The lowest BCUT2D eigenvalue weighted by Gasteiger charge is -2.12. The van der Waals surface area contributed by atoms with E-state index in [2.05, 4.69) is 41.9 Å². The van der Waals surface area contributed by atoms with Crippen LogP contribution in [0.3, 0.4) is 0 Å². The van der Waals surface area contributed by atoms with Crippen LogP contribution in [-0.2, 0) is 13.0 Å². The van der Waals surface area contributed by atoms with Gasteiger partial charge in [-0.25, -0.2) is 9.37 Å². The van der Waals surface area contributed by atoms with Gasteiger partial charge < -0.3 is 14.6 Å². The van der Waals surface area contributed by atoms with Crippen molar-refractivity contribution in [2.75, 3.05) is 13.2 Å².